The fraction of sp³-hybridized carbons (Fsp3) is 0.750. The molecule has 0 unspecified atom stereocenters. The van der Waals surface area contributed by atoms with E-state index >= 15 is 0 Å². The smallest absolute Gasteiger partial charge is 0.376 e. The van der Waals surface area contributed by atoms with Crippen LogP contribution in [-0.4, -0.2) is 47.2 Å². The normalized spacial score (nSPS) is 29.2. The monoisotopic (exact) mass is 358 g/mol. The zero-order valence-corrected chi connectivity index (χ0v) is 13.7. The number of aromatic nitrogens is 2. The van der Waals surface area contributed by atoms with E-state index in [1.807, 2.05) is 0 Å². The van der Waals surface area contributed by atoms with Gasteiger partial charge in [0.1, 0.15) is 5.82 Å². The topological polar surface area (TPSA) is 68.2 Å². The van der Waals surface area contributed by atoms with Crippen molar-refractivity contribution in [2.45, 2.75) is 56.5 Å². The molecule has 1 aromatic rings. The van der Waals surface area contributed by atoms with Gasteiger partial charge in [0, 0.05) is 25.3 Å². The van der Waals surface area contributed by atoms with E-state index in [0.29, 0.717) is 13.2 Å². The van der Waals surface area contributed by atoms with Gasteiger partial charge in [-0.1, -0.05) is 0 Å². The van der Waals surface area contributed by atoms with Gasteiger partial charge in [-0.15, -0.1) is 0 Å². The molecular weight excluding hydrogens is 337 g/mol. The fourth-order valence-corrected chi connectivity index (χ4v) is 3.62. The van der Waals surface area contributed by atoms with Crippen molar-refractivity contribution in [2.75, 3.05) is 18.5 Å². The van der Waals surface area contributed by atoms with E-state index in [9.17, 15) is 18.0 Å². The van der Waals surface area contributed by atoms with Crippen LogP contribution in [-0.2, 0) is 4.74 Å². The number of ether oxygens (including phenoxy) is 1. The highest BCUT2D eigenvalue weighted by molar-refractivity contribution is 5.93. The molecule has 138 valence electrons. The molecule has 2 aliphatic heterocycles. The first kappa shape index (κ1) is 16.7. The summed E-state index contributed by atoms with van der Waals surface area (Å²) in [5.74, 6) is 0.0844. The fourth-order valence-electron chi connectivity index (χ4n) is 3.62. The molecule has 1 saturated heterocycles. The molecule has 0 bridgehead atoms. The minimum atomic E-state index is -4.39. The molecule has 0 aromatic carbocycles. The summed E-state index contributed by atoms with van der Waals surface area (Å²) in [6.07, 6.45) is -0.724. The lowest BCUT2D eigenvalue weighted by Gasteiger charge is -2.33. The molecular formula is C16H21F3N4O2. The second-order valence-electron chi connectivity index (χ2n) is 7.09. The second-order valence-corrected chi connectivity index (χ2v) is 7.09. The molecule has 4 rings (SSSR count). The average Bonchev–Trinajstić information content (AvgIpc) is 3.11. The number of nitrogens with one attached hydrogen (secondary N) is 2. The van der Waals surface area contributed by atoms with Crippen molar-refractivity contribution in [1.29, 1.82) is 0 Å². The van der Waals surface area contributed by atoms with Gasteiger partial charge in [0.15, 0.2) is 11.7 Å². The average molecular weight is 358 g/mol. The Morgan fingerprint density at radius 1 is 1.40 bits per heavy atom. The largest absolute Gasteiger partial charge is 0.410 e. The molecule has 1 aliphatic carbocycles. The number of hydrogen-bond donors (Lipinski definition) is 2. The third-order valence-corrected chi connectivity index (χ3v) is 5.16. The summed E-state index contributed by atoms with van der Waals surface area (Å²) in [7, 11) is 0. The highest BCUT2D eigenvalue weighted by atomic mass is 19.4. The van der Waals surface area contributed by atoms with Gasteiger partial charge in [-0.2, -0.15) is 18.3 Å². The number of rotatable bonds is 4. The minimum absolute atomic E-state index is 0.00574. The van der Waals surface area contributed by atoms with Crippen LogP contribution in [0.3, 0.4) is 0 Å². The van der Waals surface area contributed by atoms with E-state index in [0.717, 1.165) is 30.4 Å². The Hall–Kier alpha value is -1.77. The van der Waals surface area contributed by atoms with E-state index in [2.05, 4.69) is 15.7 Å². The van der Waals surface area contributed by atoms with Crippen molar-refractivity contribution in [3.05, 3.63) is 11.8 Å². The molecule has 9 heteroatoms. The van der Waals surface area contributed by atoms with Gasteiger partial charge in [-0.05, 0) is 38.0 Å². The first-order chi connectivity index (χ1) is 11.9. The van der Waals surface area contributed by atoms with Crippen molar-refractivity contribution in [3.8, 4) is 0 Å². The summed E-state index contributed by atoms with van der Waals surface area (Å²) in [6.45, 7) is 1.03. The Labute approximate surface area is 143 Å². The van der Waals surface area contributed by atoms with Gasteiger partial charge in [0.05, 0.1) is 6.10 Å². The predicted molar refractivity (Wildman–Crippen MR) is 83.4 cm³/mol. The van der Waals surface area contributed by atoms with Gasteiger partial charge < -0.3 is 15.4 Å². The Morgan fingerprint density at radius 3 is 2.84 bits per heavy atom. The molecule has 3 atom stereocenters. The third kappa shape index (κ3) is 3.47. The molecule has 1 amide bonds. The van der Waals surface area contributed by atoms with Crippen LogP contribution >= 0.6 is 0 Å². The number of carbonyl (C=O) groups is 1. The zero-order valence-electron chi connectivity index (χ0n) is 13.7. The number of halogens is 3. The summed E-state index contributed by atoms with van der Waals surface area (Å²) in [4.78, 5) is 12.3. The van der Waals surface area contributed by atoms with Crippen LogP contribution in [0.2, 0.25) is 0 Å². The molecule has 6 nitrogen and oxygen atoms in total. The molecule has 2 fully saturated rings. The number of alkyl halides is 3. The van der Waals surface area contributed by atoms with Crippen molar-refractivity contribution in [3.63, 3.8) is 0 Å². The van der Waals surface area contributed by atoms with Gasteiger partial charge in [0.2, 0.25) is 0 Å². The standard InChI is InChI=1S/C16H21F3N4O2/c17-16(18,19)13-6-11(9-3-4-9)21-14-7-12(22-23(13)14)15(24)20-8-10-2-1-5-25-10/h7,9-11,13,21H,1-6,8H2,(H,20,24)/t10-,11-,13-/m0/s1. The third-order valence-electron chi connectivity index (χ3n) is 5.16. The summed E-state index contributed by atoms with van der Waals surface area (Å²) in [5, 5.41) is 9.77. The van der Waals surface area contributed by atoms with Gasteiger partial charge >= 0.3 is 6.18 Å². The van der Waals surface area contributed by atoms with Crippen LogP contribution in [0.15, 0.2) is 6.07 Å². The summed E-state index contributed by atoms with van der Waals surface area (Å²) < 4.78 is 46.6. The highest BCUT2D eigenvalue weighted by Crippen LogP contribution is 2.45. The first-order valence-corrected chi connectivity index (χ1v) is 8.74. The molecule has 3 heterocycles. The maximum absolute atomic E-state index is 13.4. The van der Waals surface area contributed by atoms with Crippen LogP contribution in [0.25, 0.3) is 0 Å². The second kappa shape index (κ2) is 6.19. The number of nitrogens with zero attached hydrogens (tertiary/aromatic N) is 2. The number of carbonyl (C=O) groups excluding carboxylic acids is 1. The Bertz CT molecular complexity index is 650. The van der Waals surface area contributed by atoms with E-state index in [4.69, 9.17) is 4.74 Å². The Morgan fingerprint density at radius 2 is 2.20 bits per heavy atom. The summed E-state index contributed by atoms with van der Waals surface area (Å²) in [6, 6.07) is -0.481. The first-order valence-electron chi connectivity index (χ1n) is 8.74. The van der Waals surface area contributed by atoms with Crippen molar-refractivity contribution in [2.24, 2.45) is 5.92 Å². The van der Waals surface area contributed by atoms with Gasteiger partial charge in [0.25, 0.3) is 5.91 Å². The van der Waals surface area contributed by atoms with Crippen molar-refractivity contribution < 1.29 is 22.7 Å². The van der Waals surface area contributed by atoms with Gasteiger partial charge in [-0.3, -0.25) is 4.79 Å². The minimum Gasteiger partial charge on any atom is -0.376 e. The number of anilines is 1. The molecule has 25 heavy (non-hydrogen) atoms. The SMILES string of the molecule is O=C(NC[C@@H]1CCCO1)c1cc2n(n1)[C@H](C(F)(F)F)C[C@@H](C1CC1)N2. The quantitative estimate of drug-likeness (QED) is 0.868. The lowest BCUT2D eigenvalue weighted by atomic mass is 10.0. The maximum Gasteiger partial charge on any atom is 0.410 e. The van der Waals surface area contributed by atoms with Crippen molar-refractivity contribution in [1.82, 2.24) is 15.1 Å². The van der Waals surface area contributed by atoms with E-state index in [1.165, 1.54) is 6.07 Å². The van der Waals surface area contributed by atoms with E-state index in [-0.39, 0.29) is 36.0 Å². The van der Waals surface area contributed by atoms with Crippen LogP contribution in [0.1, 0.15) is 48.6 Å². The molecule has 1 saturated carbocycles. The molecule has 0 radical (unpaired) electrons. The van der Waals surface area contributed by atoms with Crippen LogP contribution in [0.5, 0.6) is 0 Å². The van der Waals surface area contributed by atoms with Crippen LogP contribution in [0.4, 0.5) is 19.0 Å². The molecule has 2 N–H and O–H groups in total. The Kier molecular flexibility index (Phi) is 4.13. The molecule has 0 spiro atoms. The van der Waals surface area contributed by atoms with Crippen LogP contribution in [0, 0.1) is 5.92 Å². The zero-order chi connectivity index (χ0) is 17.6. The molecule has 3 aliphatic rings. The lowest BCUT2D eigenvalue weighted by Crippen LogP contribution is -2.40. The predicted octanol–water partition coefficient (Wildman–Crippen LogP) is 2.49. The van der Waals surface area contributed by atoms with Crippen molar-refractivity contribution >= 4 is 11.7 Å². The lowest BCUT2D eigenvalue weighted by molar-refractivity contribution is -0.174. The van der Waals surface area contributed by atoms with E-state index in [1.54, 1.807) is 0 Å². The highest BCUT2D eigenvalue weighted by Gasteiger charge is 2.49. The number of fused-ring (bicyclic) bond motifs is 1. The van der Waals surface area contributed by atoms with Gasteiger partial charge in [-0.25, -0.2) is 4.68 Å². The number of amides is 1. The summed E-state index contributed by atoms with van der Waals surface area (Å²) >= 11 is 0. The van der Waals surface area contributed by atoms with E-state index < -0.39 is 18.1 Å². The summed E-state index contributed by atoms with van der Waals surface area (Å²) in [5.41, 5.74) is 0.00574. The maximum atomic E-state index is 13.4. The number of hydrogen-bond acceptors (Lipinski definition) is 4. The van der Waals surface area contributed by atoms with Crippen LogP contribution < -0.4 is 10.6 Å². The Balaban J connectivity index is 1.50. The molecule has 1 aromatic heterocycles.